The molecule has 0 amide bonds. The first kappa shape index (κ1) is 15.7. The number of rotatable bonds is 5. The Labute approximate surface area is 147 Å². The fourth-order valence-electron chi connectivity index (χ4n) is 2.97. The number of epoxide rings is 1. The van der Waals surface area contributed by atoms with Crippen molar-refractivity contribution in [3.05, 3.63) is 83.2 Å². The van der Waals surface area contributed by atoms with Gasteiger partial charge in [0.1, 0.15) is 6.10 Å². The minimum Gasteiger partial charge on any atom is -0.357 e. The number of nitrogens with one attached hydrogen (secondary N) is 1. The van der Waals surface area contributed by atoms with Gasteiger partial charge < -0.3 is 10.1 Å². The van der Waals surface area contributed by atoms with E-state index in [0.717, 1.165) is 11.4 Å². The van der Waals surface area contributed by atoms with Gasteiger partial charge in [0.15, 0.2) is 6.23 Å². The van der Waals surface area contributed by atoms with Crippen molar-refractivity contribution in [3.63, 3.8) is 0 Å². The molecule has 0 radical (unpaired) electrons. The van der Waals surface area contributed by atoms with Gasteiger partial charge in [0.05, 0.1) is 5.69 Å². The number of anilines is 1. The molecular weight excluding hydrogens is 310 g/mol. The molecule has 4 nitrogen and oxygen atoms in total. The van der Waals surface area contributed by atoms with E-state index in [-0.39, 0.29) is 12.3 Å². The molecule has 0 bridgehead atoms. The zero-order valence-corrected chi connectivity index (χ0v) is 14.4. The van der Waals surface area contributed by atoms with Crippen molar-refractivity contribution >= 4 is 17.8 Å². The molecule has 2 aromatic carbocycles. The van der Waals surface area contributed by atoms with Crippen LogP contribution < -0.4 is 5.32 Å². The molecule has 126 valence electrons. The van der Waals surface area contributed by atoms with Crippen LogP contribution >= 0.6 is 0 Å². The van der Waals surface area contributed by atoms with Crippen molar-refractivity contribution in [2.24, 2.45) is 7.05 Å². The maximum atomic E-state index is 5.75. The molecule has 1 N–H and O–H groups in total. The van der Waals surface area contributed by atoms with Gasteiger partial charge in [0.25, 0.3) is 0 Å². The van der Waals surface area contributed by atoms with E-state index in [1.54, 1.807) is 6.20 Å². The average molecular weight is 331 g/mol. The van der Waals surface area contributed by atoms with Crippen molar-refractivity contribution in [1.29, 1.82) is 0 Å². The van der Waals surface area contributed by atoms with Crippen molar-refractivity contribution in [2.45, 2.75) is 19.3 Å². The molecule has 1 saturated heterocycles. The zero-order valence-electron chi connectivity index (χ0n) is 14.4. The Morgan fingerprint density at radius 3 is 2.56 bits per heavy atom. The second-order valence-electron chi connectivity index (χ2n) is 6.32. The Hall–Kier alpha value is -2.85. The lowest BCUT2D eigenvalue weighted by Crippen LogP contribution is -2.07. The molecule has 0 saturated carbocycles. The highest BCUT2D eigenvalue weighted by Crippen LogP contribution is 2.39. The minimum atomic E-state index is 0.0137. The lowest BCUT2D eigenvalue weighted by Gasteiger charge is -2.08. The number of ether oxygens (including phenoxy) is 1. The second kappa shape index (κ2) is 6.57. The largest absolute Gasteiger partial charge is 0.357 e. The highest BCUT2D eigenvalue weighted by molar-refractivity contribution is 5.71. The monoisotopic (exact) mass is 331 g/mol. The van der Waals surface area contributed by atoms with Crippen LogP contribution in [0.5, 0.6) is 0 Å². The van der Waals surface area contributed by atoms with Crippen molar-refractivity contribution in [2.75, 3.05) is 5.32 Å². The highest BCUT2D eigenvalue weighted by Gasteiger charge is 2.42. The summed E-state index contributed by atoms with van der Waals surface area (Å²) in [7, 11) is 1.94. The summed E-state index contributed by atoms with van der Waals surface area (Å²) in [5, 5.41) is 7.66. The maximum Gasteiger partial charge on any atom is 0.161 e. The predicted molar refractivity (Wildman–Crippen MR) is 101 cm³/mol. The highest BCUT2D eigenvalue weighted by atomic mass is 16.6. The van der Waals surface area contributed by atoms with Gasteiger partial charge in [-0.3, -0.25) is 4.68 Å². The zero-order chi connectivity index (χ0) is 17.2. The summed E-state index contributed by atoms with van der Waals surface area (Å²) >= 11 is 0. The first-order valence-electron chi connectivity index (χ1n) is 8.44. The third kappa shape index (κ3) is 3.49. The van der Waals surface area contributed by atoms with Gasteiger partial charge in [-0.1, -0.05) is 48.6 Å². The summed E-state index contributed by atoms with van der Waals surface area (Å²) in [6.07, 6.45) is 6.15. The van der Waals surface area contributed by atoms with Crippen LogP contribution in [-0.4, -0.2) is 16.0 Å². The third-order valence-corrected chi connectivity index (χ3v) is 4.46. The van der Waals surface area contributed by atoms with E-state index < -0.39 is 0 Å². The molecular formula is C21H21N3O. The van der Waals surface area contributed by atoms with Crippen molar-refractivity contribution in [3.8, 4) is 0 Å². The Morgan fingerprint density at radius 2 is 1.84 bits per heavy atom. The average Bonchev–Trinajstić information content (AvgIpc) is 3.25. The fourth-order valence-corrected chi connectivity index (χ4v) is 2.97. The van der Waals surface area contributed by atoms with Gasteiger partial charge in [-0.2, -0.15) is 5.10 Å². The molecule has 0 aliphatic carbocycles. The van der Waals surface area contributed by atoms with E-state index in [4.69, 9.17) is 4.74 Å². The number of nitrogens with zero attached hydrogens (tertiary/aromatic N) is 2. The molecule has 25 heavy (non-hydrogen) atoms. The second-order valence-corrected chi connectivity index (χ2v) is 6.32. The SMILES string of the molecule is Cc1cc(/C=C/c2ccccc2)ccc1NC1OC1c1ccnn1C. The van der Waals surface area contributed by atoms with Gasteiger partial charge in [-0.25, -0.2) is 0 Å². The van der Waals surface area contributed by atoms with Crippen LogP contribution in [0.25, 0.3) is 12.2 Å². The number of benzene rings is 2. The molecule has 1 aromatic heterocycles. The lowest BCUT2D eigenvalue weighted by molar-refractivity contribution is 0.378. The molecule has 2 heterocycles. The van der Waals surface area contributed by atoms with E-state index in [1.165, 1.54) is 16.7 Å². The van der Waals surface area contributed by atoms with Gasteiger partial charge in [0, 0.05) is 18.9 Å². The van der Waals surface area contributed by atoms with Crippen molar-refractivity contribution in [1.82, 2.24) is 9.78 Å². The summed E-state index contributed by atoms with van der Waals surface area (Å²) < 4.78 is 7.61. The molecule has 4 heteroatoms. The topological polar surface area (TPSA) is 42.4 Å². The lowest BCUT2D eigenvalue weighted by atomic mass is 10.1. The van der Waals surface area contributed by atoms with Crippen LogP contribution in [0.1, 0.15) is 28.5 Å². The van der Waals surface area contributed by atoms with Crippen LogP contribution in [-0.2, 0) is 11.8 Å². The number of hydrogen-bond donors (Lipinski definition) is 1. The van der Waals surface area contributed by atoms with E-state index in [1.807, 2.05) is 36.0 Å². The van der Waals surface area contributed by atoms with Crippen molar-refractivity contribution < 1.29 is 4.74 Å². The summed E-state index contributed by atoms with van der Waals surface area (Å²) in [6, 6.07) is 18.7. The van der Waals surface area contributed by atoms with Gasteiger partial charge >= 0.3 is 0 Å². The van der Waals surface area contributed by atoms with Crippen LogP contribution in [0.15, 0.2) is 60.8 Å². The van der Waals surface area contributed by atoms with E-state index >= 15 is 0 Å². The van der Waals surface area contributed by atoms with E-state index in [0.29, 0.717) is 0 Å². The van der Waals surface area contributed by atoms with Crippen LogP contribution in [0.4, 0.5) is 5.69 Å². The Kier molecular flexibility index (Phi) is 4.12. The fraction of sp³-hybridized carbons (Fsp3) is 0.190. The Morgan fingerprint density at radius 1 is 1.04 bits per heavy atom. The van der Waals surface area contributed by atoms with Crippen LogP contribution in [0.3, 0.4) is 0 Å². The smallest absolute Gasteiger partial charge is 0.161 e. The van der Waals surface area contributed by atoms with Crippen LogP contribution in [0.2, 0.25) is 0 Å². The summed E-state index contributed by atoms with van der Waals surface area (Å²) in [6.45, 7) is 2.11. The third-order valence-electron chi connectivity index (χ3n) is 4.46. The summed E-state index contributed by atoms with van der Waals surface area (Å²) in [4.78, 5) is 0. The Bertz CT molecular complexity index is 899. The number of aromatic nitrogens is 2. The van der Waals surface area contributed by atoms with E-state index in [9.17, 15) is 0 Å². The maximum absolute atomic E-state index is 5.75. The quantitative estimate of drug-likeness (QED) is 0.556. The molecule has 1 aliphatic rings. The number of aryl methyl sites for hydroxylation is 2. The first-order valence-corrected chi connectivity index (χ1v) is 8.44. The number of hydrogen-bond acceptors (Lipinski definition) is 3. The van der Waals surface area contributed by atoms with Gasteiger partial charge in [0.2, 0.25) is 0 Å². The molecule has 1 aliphatic heterocycles. The van der Waals surface area contributed by atoms with E-state index in [2.05, 4.69) is 59.8 Å². The molecule has 2 unspecified atom stereocenters. The molecule has 1 fully saturated rings. The molecule has 4 rings (SSSR count). The van der Waals surface area contributed by atoms with Crippen LogP contribution in [0, 0.1) is 6.92 Å². The molecule has 0 spiro atoms. The molecule has 2 atom stereocenters. The summed E-state index contributed by atoms with van der Waals surface area (Å²) in [5.74, 6) is 0. The van der Waals surface area contributed by atoms with Gasteiger partial charge in [-0.05, 0) is 41.8 Å². The minimum absolute atomic E-state index is 0.0137. The first-order chi connectivity index (χ1) is 12.2. The summed E-state index contributed by atoms with van der Waals surface area (Å²) in [5.41, 5.74) is 5.79. The predicted octanol–water partition coefficient (Wildman–Crippen LogP) is 4.41. The molecule has 3 aromatic rings. The Balaban J connectivity index is 1.43. The van der Waals surface area contributed by atoms with Gasteiger partial charge in [-0.15, -0.1) is 0 Å². The standard InChI is InChI=1S/C21H21N3O/c1-15-14-17(9-8-16-6-4-3-5-7-16)10-11-18(15)23-21-20(25-21)19-12-13-22-24(19)2/h3-14,20-21,23H,1-2H3/b9-8+. The normalized spacial score (nSPS) is 19.3.